The highest BCUT2D eigenvalue weighted by Gasteiger charge is 2.12. The van der Waals surface area contributed by atoms with E-state index in [0.29, 0.717) is 13.2 Å². The molecule has 21 heavy (non-hydrogen) atoms. The molecule has 3 rings (SSSR count). The minimum Gasteiger partial charge on any atom is -0.489 e. The molecular weight excluding hydrogens is 302 g/mol. The molecule has 0 saturated carbocycles. The number of hydrogen-bond acceptors (Lipinski definition) is 3. The van der Waals surface area contributed by atoms with Crippen LogP contribution in [0.1, 0.15) is 16.0 Å². The molecule has 0 bridgehead atoms. The van der Waals surface area contributed by atoms with Crippen LogP contribution < -0.4 is 10.5 Å². The molecule has 2 nitrogen and oxygen atoms in total. The maximum absolute atomic E-state index is 5.98. The van der Waals surface area contributed by atoms with E-state index < -0.39 is 0 Å². The molecule has 1 aromatic heterocycles. The second-order valence-electron chi connectivity index (χ2n) is 4.90. The highest BCUT2D eigenvalue weighted by atomic mass is 35.5. The molecule has 0 radical (unpaired) electrons. The van der Waals surface area contributed by atoms with Gasteiger partial charge in [0.25, 0.3) is 0 Å². The number of nitrogens with two attached hydrogens (primary N) is 1. The summed E-state index contributed by atoms with van der Waals surface area (Å²) in [4.78, 5) is 1.18. The summed E-state index contributed by atoms with van der Waals surface area (Å²) in [6.07, 6.45) is 0. The average Bonchev–Trinajstić information content (AvgIpc) is 2.84. The maximum atomic E-state index is 5.98. The topological polar surface area (TPSA) is 35.2 Å². The molecule has 108 valence electrons. The van der Waals surface area contributed by atoms with E-state index in [4.69, 9.17) is 22.1 Å². The lowest BCUT2D eigenvalue weighted by Gasteiger charge is -2.10. The van der Waals surface area contributed by atoms with E-state index >= 15 is 0 Å². The van der Waals surface area contributed by atoms with E-state index in [2.05, 4.69) is 12.1 Å². The molecular formula is C17H16ClNOS. The van der Waals surface area contributed by atoms with Gasteiger partial charge in [-0.25, -0.2) is 0 Å². The first-order valence-corrected chi connectivity index (χ1v) is 7.97. The molecule has 4 heteroatoms. The summed E-state index contributed by atoms with van der Waals surface area (Å²) in [7, 11) is 0. The molecule has 0 aliphatic heterocycles. The predicted octanol–water partition coefficient (Wildman–Crippen LogP) is 4.90. The van der Waals surface area contributed by atoms with Gasteiger partial charge in [0, 0.05) is 26.7 Å². The van der Waals surface area contributed by atoms with Gasteiger partial charge < -0.3 is 10.5 Å². The summed E-state index contributed by atoms with van der Waals surface area (Å²) in [5, 5.41) is 1.96. The fraction of sp³-hybridized carbons (Fsp3) is 0.176. The van der Waals surface area contributed by atoms with Gasteiger partial charge in [-0.05, 0) is 42.1 Å². The summed E-state index contributed by atoms with van der Waals surface area (Å²) in [5.41, 5.74) is 8.10. The van der Waals surface area contributed by atoms with Gasteiger partial charge in [-0.3, -0.25) is 0 Å². The second kappa shape index (κ2) is 6.06. The van der Waals surface area contributed by atoms with Crippen LogP contribution in [0.4, 0.5) is 0 Å². The monoisotopic (exact) mass is 317 g/mol. The van der Waals surface area contributed by atoms with Gasteiger partial charge in [0.2, 0.25) is 0 Å². The number of rotatable bonds is 4. The van der Waals surface area contributed by atoms with Crippen molar-refractivity contribution in [1.82, 2.24) is 0 Å². The Morgan fingerprint density at radius 2 is 2.00 bits per heavy atom. The number of aryl methyl sites for hydroxylation is 1. The van der Waals surface area contributed by atoms with Gasteiger partial charge in [0.1, 0.15) is 12.4 Å². The minimum atomic E-state index is 0.527. The second-order valence-corrected chi connectivity index (χ2v) is 6.48. The summed E-state index contributed by atoms with van der Waals surface area (Å²) in [6.45, 7) is 3.06. The molecule has 0 spiro atoms. The smallest absolute Gasteiger partial charge is 0.122 e. The van der Waals surface area contributed by atoms with E-state index in [0.717, 1.165) is 16.3 Å². The van der Waals surface area contributed by atoms with Gasteiger partial charge in [0.05, 0.1) is 0 Å². The molecule has 2 aromatic carbocycles. The van der Waals surface area contributed by atoms with Gasteiger partial charge in [-0.15, -0.1) is 11.3 Å². The Morgan fingerprint density at radius 3 is 2.76 bits per heavy atom. The van der Waals surface area contributed by atoms with Crippen molar-refractivity contribution >= 4 is 33.0 Å². The summed E-state index contributed by atoms with van der Waals surface area (Å²) in [6, 6.07) is 14.0. The largest absolute Gasteiger partial charge is 0.489 e. The molecule has 0 amide bonds. The SMILES string of the molecule is Cc1cc(Cl)ccc1OCc1c(CN)sc2ccccc12. The van der Waals surface area contributed by atoms with Crippen LogP contribution in [0.25, 0.3) is 10.1 Å². The van der Waals surface area contributed by atoms with Crippen molar-refractivity contribution < 1.29 is 4.74 Å². The quantitative estimate of drug-likeness (QED) is 0.742. The fourth-order valence-corrected chi connectivity index (χ4v) is 3.71. The van der Waals surface area contributed by atoms with Crippen molar-refractivity contribution in [3.63, 3.8) is 0 Å². The lowest BCUT2D eigenvalue weighted by molar-refractivity contribution is 0.305. The normalized spacial score (nSPS) is 11.0. The van der Waals surface area contributed by atoms with Crippen LogP contribution in [0, 0.1) is 6.92 Å². The molecule has 0 atom stereocenters. The fourth-order valence-electron chi connectivity index (χ4n) is 2.40. The maximum Gasteiger partial charge on any atom is 0.122 e. The van der Waals surface area contributed by atoms with E-state index in [9.17, 15) is 0 Å². The zero-order valence-corrected chi connectivity index (χ0v) is 13.3. The third-order valence-electron chi connectivity index (χ3n) is 3.48. The number of benzene rings is 2. The Morgan fingerprint density at radius 1 is 1.19 bits per heavy atom. The van der Waals surface area contributed by atoms with Crippen molar-refractivity contribution in [3.8, 4) is 5.75 Å². The van der Waals surface area contributed by atoms with Gasteiger partial charge in [-0.1, -0.05) is 29.8 Å². The van der Waals surface area contributed by atoms with Gasteiger partial charge >= 0.3 is 0 Å². The van der Waals surface area contributed by atoms with Crippen molar-refractivity contribution in [1.29, 1.82) is 0 Å². The third kappa shape index (κ3) is 2.91. The summed E-state index contributed by atoms with van der Waals surface area (Å²) in [5.74, 6) is 0.859. The van der Waals surface area contributed by atoms with Crippen molar-refractivity contribution in [2.75, 3.05) is 0 Å². The Bertz CT molecular complexity index is 782. The first kappa shape index (κ1) is 14.4. The number of ether oxygens (including phenoxy) is 1. The van der Waals surface area contributed by atoms with E-state index in [1.54, 1.807) is 11.3 Å². The number of halogens is 1. The van der Waals surface area contributed by atoms with Crippen molar-refractivity contribution in [2.24, 2.45) is 5.73 Å². The van der Waals surface area contributed by atoms with E-state index in [1.807, 2.05) is 37.3 Å². The minimum absolute atomic E-state index is 0.527. The molecule has 1 heterocycles. The zero-order chi connectivity index (χ0) is 14.8. The first-order valence-electron chi connectivity index (χ1n) is 6.77. The Balaban J connectivity index is 1.91. The highest BCUT2D eigenvalue weighted by Crippen LogP contribution is 2.32. The molecule has 0 fully saturated rings. The Kier molecular flexibility index (Phi) is 4.15. The predicted molar refractivity (Wildman–Crippen MR) is 90.2 cm³/mol. The van der Waals surface area contributed by atoms with Crippen LogP contribution in [-0.2, 0) is 13.2 Å². The third-order valence-corrected chi connectivity index (χ3v) is 4.95. The number of hydrogen-bond donors (Lipinski definition) is 1. The van der Waals surface area contributed by atoms with Crippen LogP contribution in [0.5, 0.6) is 5.75 Å². The van der Waals surface area contributed by atoms with Gasteiger partial charge in [0.15, 0.2) is 0 Å². The molecule has 2 N–H and O–H groups in total. The molecule has 3 aromatic rings. The Hall–Kier alpha value is -1.55. The van der Waals surface area contributed by atoms with Gasteiger partial charge in [-0.2, -0.15) is 0 Å². The van der Waals surface area contributed by atoms with Crippen LogP contribution in [0.3, 0.4) is 0 Å². The molecule has 0 saturated heterocycles. The van der Waals surface area contributed by atoms with Crippen molar-refractivity contribution in [3.05, 3.63) is 63.5 Å². The molecule has 0 unspecified atom stereocenters. The van der Waals surface area contributed by atoms with E-state index in [-0.39, 0.29) is 0 Å². The van der Waals surface area contributed by atoms with E-state index in [1.165, 1.54) is 20.5 Å². The average molecular weight is 318 g/mol. The number of fused-ring (bicyclic) bond motifs is 1. The van der Waals surface area contributed by atoms with Crippen LogP contribution in [0.2, 0.25) is 5.02 Å². The zero-order valence-electron chi connectivity index (χ0n) is 11.7. The lowest BCUT2D eigenvalue weighted by Crippen LogP contribution is -2.02. The lowest BCUT2D eigenvalue weighted by atomic mass is 10.1. The molecule has 0 aliphatic carbocycles. The van der Waals surface area contributed by atoms with Crippen LogP contribution >= 0.6 is 22.9 Å². The highest BCUT2D eigenvalue weighted by molar-refractivity contribution is 7.19. The summed E-state index contributed by atoms with van der Waals surface area (Å²) < 4.78 is 7.23. The standard InChI is InChI=1S/C17H16ClNOS/c1-11-8-12(18)6-7-15(11)20-10-14-13-4-2-3-5-16(13)21-17(14)9-19/h2-8H,9-10,19H2,1H3. The van der Waals surface area contributed by atoms with Crippen LogP contribution in [-0.4, -0.2) is 0 Å². The van der Waals surface area contributed by atoms with Crippen LogP contribution in [0.15, 0.2) is 42.5 Å². The Labute approximate surface area is 133 Å². The van der Waals surface area contributed by atoms with Crippen molar-refractivity contribution in [2.45, 2.75) is 20.1 Å². The first-order chi connectivity index (χ1) is 10.2. The number of thiophene rings is 1. The summed E-state index contributed by atoms with van der Waals surface area (Å²) >= 11 is 7.71. The molecule has 0 aliphatic rings.